The van der Waals surface area contributed by atoms with Gasteiger partial charge in [0.05, 0.1) is 11.5 Å². The van der Waals surface area contributed by atoms with Crippen LogP contribution in [0.3, 0.4) is 0 Å². The van der Waals surface area contributed by atoms with Gasteiger partial charge in [0.2, 0.25) is 15.9 Å². The van der Waals surface area contributed by atoms with Crippen LogP contribution in [0.25, 0.3) is 0 Å². The molecule has 7 nitrogen and oxygen atoms in total. The molecule has 2 N–H and O–H groups in total. The predicted octanol–water partition coefficient (Wildman–Crippen LogP) is 1.04. The van der Waals surface area contributed by atoms with E-state index in [2.05, 4.69) is 14.9 Å². The van der Waals surface area contributed by atoms with Crippen molar-refractivity contribution in [2.45, 2.75) is 24.8 Å². The molecule has 0 atom stereocenters. The number of hydrogen-bond donors (Lipinski definition) is 2. The highest BCUT2D eigenvalue weighted by Gasteiger charge is 2.15. The number of aliphatic hydroxyl groups excluding tert-OH is 1. The molecule has 21 heavy (non-hydrogen) atoms. The lowest BCUT2D eigenvalue weighted by atomic mass is 10.2. The molecule has 0 radical (unpaired) electrons. The maximum absolute atomic E-state index is 12.1. The Morgan fingerprint density at radius 3 is 2.81 bits per heavy atom. The Hall–Kier alpha value is -1.48. The fourth-order valence-corrected chi connectivity index (χ4v) is 2.92. The lowest BCUT2D eigenvalue weighted by molar-refractivity contribution is 0.281. The minimum absolute atomic E-state index is 0.0419. The highest BCUT2D eigenvalue weighted by atomic mass is 35.5. The maximum atomic E-state index is 12.1. The summed E-state index contributed by atoms with van der Waals surface area (Å²) in [6.45, 7) is 1.47. The molecule has 2 aromatic rings. The molecule has 1 aromatic heterocycles. The smallest absolute Gasteiger partial charge is 0.240 e. The van der Waals surface area contributed by atoms with E-state index < -0.39 is 10.0 Å². The molecule has 1 heterocycles. The molecule has 9 heteroatoms. The Morgan fingerprint density at radius 1 is 1.43 bits per heavy atom. The van der Waals surface area contributed by atoms with Crippen LogP contribution < -0.4 is 4.72 Å². The van der Waals surface area contributed by atoms with E-state index in [1.807, 2.05) is 0 Å². The summed E-state index contributed by atoms with van der Waals surface area (Å²) in [5, 5.41) is 13.1. The third-order valence-corrected chi connectivity index (χ3v) is 4.54. The van der Waals surface area contributed by atoms with Gasteiger partial charge >= 0.3 is 0 Å². The summed E-state index contributed by atoms with van der Waals surface area (Å²) in [6, 6.07) is 4.15. The van der Waals surface area contributed by atoms with E-state index in [1.54, 1.807) is 6.92 Å². The highest BCUT2D eigenvalue weighted by molar-refractivity contribution is 7.89. The summed E-state index contributed by atoms with van der Waals surface area (Å²) in [6.07, 6.45) is 0.316. The molecule has 0 amide bonds. The lowest BCUT2D eigenvalue weighted by Gasteiger charge is -2.08. The van der Waals surface area contributed by atoms with Crippen molar-refractivity contribution in [3.05, 3.63) is 40.5 Å². The number of halogens is 1. The number of aryl methyl sites for hydroxylation is 1. The molecule has 0 aliphatic carbocycles. The van der Waals surface area contributed by atoms with Crippen LogP contribution in [0.2, 0.25) is 5.02 Å². The normalized spacial score (nSPS) is 11.8. The van der Waals surface area contributed by atoms with Crippen LogP contribution in [-0.4, -0.2) is 30.2 Å². The second kappa shape index (κ2) is 6.52. The van der Waals surface area contributed by atoms with Gasteiger partial charge in [0.1, 0.15) is 0 Å². The minimum Gasteiger partial charge on any atom is -0.392 e. The molecule has 0 spiro atoms. The van der Waals surface area contributed by atoms with Crippen LogP contribution in [0.1, 0.15) is 17.3 Å². The first-order chi connectivity index (χ1) is 9.92. The van der Waals surface area contributed by atoms with Crippen molar-refractivity contribution in [1.29, 1.82) is 0 Å². The summed E-state index contributed by atoms with van der Waals surface area (Å²) in [5.74, 6) is 0.862. The van der Waals surface area contributed by atoms with Crippen LogP contribution in [0, 0.1) is 6.92 Å². The number of nitrogens with one attached hydrogen (secondary N) is 1. The Balaban J connectivity index is 2.04. The monoisotopic (exact) mass is 331 g/mol. The van der Waals surface area contributed by atoms with Gasteiger partial charge in [-0.25, -0.2) is 13.1 Å². The highest BCUT2D eigenvalue weighted by Crippen LogP contribution is 2.20. The molecular formula is C12H14ClN3O4S. The van der Waals surface area contributed by atoms with E-state index >= 15 is 0 Å². The van der Waals surface area contributed by atoms with Crippen molar-refractivity contribution < 1.29 is 18.0 Å². The van der Waals surface area contributed by atoms with Crippen LogP contribution in [0.5, 0.6) is 0 Å². The molecule has 2 rings (SSSR count). The molecule has 0 fully saturated rings. The Morgan fingerprint density at radius 2 is 2.19 bits per heavy atom. The van der Waals surface area contributed by atoms with Gasteiger partial charge < -0.3 is 9.63 Å². The average Bonchev–Trinajstić information content (AvgIpc) is 2.84. The Kier molecular flexibility index (Phi) is 4.94. The van der Waals surface area contributed by atoms with E-state index in [1.165, 1.54) is 18.2 Å². The first kappa shape index (κ1) is 15.9. The fraction of sp³-hybridized carbons (Fsp3) is 0.333. The molecule has 0 bridgehead atoms. The summed E-state index contributed by atoms with van der Waals surface area (Å²) in [7, 11) is -3.68. The first-order valence-electron chi connectivity index (χ1n) is 6.10. The van der Waals surface area contributed by atoms with Crippen molar-refractivity contribution in [1.82, 2.24) is 14.9 Å². The van der Waals surface area contributed by atoms with Gasteiger partial charge in [-0.2, -0.15) is 4.98 Å². The van der Waals surface area contributed by atoms with Gasteiger partial charge in [0.15, 0.2) is 5.82 Å². The van der Waals surface area contributed by atoms with Crippen molar-refractivity contribution in [2.24, 2.45) is 0 Å². The third-order valence-electron chi connectivity index (χ3n) is 2.71. The van der Waals surface area contributed by atoms with Crippen LogP contribution in [0.4, 0.5) is 0 Å². The standard InChI is InChI=1S/C12H14ClN3O4S/c1-8-15-12(16-20-8)4-5-14-21(18,19)10-2-3-11(13)9(6-10)7-17/h2-3,6,14,17H,4-5,7H2,1H3. The van der Waals surface area contributed by atoms with E-state index in [9.17, 15) is 8.42 Å². The number of aromatic nitrogens is 2. The number of nitrogens with zero attached hydrogens (tertiary/aromatic N) is 2. The van der Waals surface area contributed by atoms with E-state index in [0.29, 0.717) is 28.7 Å². The van der Waals surface area contributed by atoms with Crippen molar-refractivity contribution in [3.8, 4) is 0 Å². The summed E-state index contributed by atoms with van der Waals surface area (Å²) >= 11 is 5.83. The van der Waals surface area contributed by atoms with E-state index in [-0.39, 0.29) is 18.0 Å². The van der Waals surface area contributed by atoms with Crippen LogP contribution in [0.15, 0.2) is 27.6 Å². The van der Waals surface area contributed by atoms with Crippen molar-refractivity contribution >= 4 is 21.6 Å². The largest absolute Gasteiger partial charge is 0.392 e. The molecule has 0 aliphatic heterocycles. The summed E-state index contributed by atoms with van der Waals surface area (Å²) in [5.41, 5.74) is 0.355. The van der Waals surface area contributed by atoms with Crippen molar-refractivity contribution in [2.75, 3.05) is 6.54 Å². The Bertz CT molecular complexity index is 730. The molecule has 1 aromatic carbocycles. The van der Waals surface area contributed by atoms with Crippen LogP contribution in [-0.2, 0) is 23.1 Å². The van der Waals surface area contributed by atoms with Gasteiger partial charge in [-0.1, -0.05) is 16.8 Å². The topological polar surface area (TPSA) is 105 Å². The second-order valence-electron chi connectivity index (χ2n) is 4.29. The molecule has 0 saturated carbocycles. The second-order valence-corrected chi connectivity index (χ2v) is 6.46. The molecule has 0 saturated heterocycles. The molecule has 114 valence electrons. The zero-order valence-electron chi connectivity index (χ0n) is 11.2. The van der Waals surface area contributed by atoms with Gasteiger partial charge in [0.25, 0.3) is 0 Å². The summed E-state index contributed by atoms with van der Waals surface area (Å²) < 4.78 is 31.4. The summed E-state index contributed by atoms with van der Waals surface area (Å²) in [4.78, 5) is 4.02. The number of benzene rings is 1. The van der Waals surface area contributed by atoms with E-state index in [0.717, 1.165) is 0 Å². The maximum Gasteiger partial charge on any atom is 0.240 e. The van der Waals surface area contributed by atoms with Gasteiger partial charge in [-0.3, -0.25) is 0 Å². The molecular weight excluding hydrogens is 318 g/mol. The first-order valence-corrected chi connectivity index (χ1v) is 7.96. The zero-order chi connectivity index (χ0) is 15.5. The third kappa shape index (κ3) is 4.01. The van der Waals surface area contributed by atoms with Crippen LogP contribution >= 0.6 is 11.6 Å². The quantitative estimate of drug-likeness (QED) is 0.819. The minimum atomic E-state index is -3.68. The van der Waals surface area contributed by atoms with E-state index in [4.69, 9.17) is 21.2 Å². The number of sulfonamides is 1. The Labute approximate surface area is 127 Å². The van der Waals surface area contributed by atoms with Crippen molar-refractivity contribution in [3.63, 3.8) is 0 Å². The zero-order valence-corrected chi connectivity index (χ0v) is 12.8. The number of hydrogen-bond acceptors (Lipinski definition) is 6. The lowest BCUT2D eigenvalue weighted by Crippen LogP contribution is -2.26. The predicted molar refractivity (Wildman–Crippen MR) is 75.3 cm³/mol. The molecule has 0 aliphatic rings. The van der Waals surface area contributed by atoms with Gasteiger partial charge in [-0.05, 0) is 23.8 Å². The number of rotatable bonds is 6. The fourth-order valence-electron chi connectivity index (χ4n) is 1.66. The molecule has 0 unspecified atom stereocenters. The number of aliphatic hydroxyl groups is 1. The SMILES string of the molecule is Cc1nc(CCNS(=O)(=O)c2ccc(Cl)c(CO)c2)no1. The van der Waals surface area contributed by atoms with Gasteiger partial charge in [0, 0.05) is 24.9 Å². The van der Waals surface area contributed by atoms with Gasteiger partial charge in [-0.15, -0.1) is 0 Å². The average molecular weight is 332 g/mol.